The standard InChI is InChI=1S/C20H19N3O6/c24-15-10-9-14(17(25)22-15)23-18(26)13-8-5-7-12(16(13)19(23)27)6-3-1-2-4-11-21-20(28)29/h5,7-8,14,21H,1-2,4,9-11H2,(H,28,29)(H,22,24,25). The number of nitrogens with zero attached hydrogens (tertiary/aromatic N) is 1. The van der Waals surface area contributed by atoms with Crippen molar-refractivity contribution < 1.29 is 29.1 Å². The van der Waals surface area contributed by atoms with Crippen LogP contribution >= 0.6 is 0 Å². The lowest BCUT2D eigenvalue weighted by molar-refractivity contribution is -0.136. The van der Waals surface area contributed by atoms with Crippen molar-refractivity contribution in [2.75, 3.05) is 6.54 Å². The third-order valence-corrected chi connectivity index (χ3v) is 4.70. The van der Waals surface area contributed by atoms with E-state index >= 15 is 0 Å². The van der Waals surface area contributed by atoms with Crippen LogP contribution < -0.4 is 10.6 Å². The molecule has 0 radical (unpaired) electrons. The summed E-state index contributed by atoms with van der Waals surface area (Å²) in [6, 6.07) is 3.77. The molecular weight excluding hydrogens is 378 g/mol. The minimum atomic E-state index is -1.07. The third-order valence-electron chi connectivity index (χ3n) is 4.70. The molecule has 29 heavy (non-hydrogen) atoms. The van der Waals surface area contributed by atoms with Crippen LogP contribution in [0.15, 0.2) is 18.2 Å². The van der Waals surface area contributed by atoms with E-state index in [1.807, 2.05) is 0 Å². The predicted octanol–water partition coefficient (Wildman–Crippen LogP) is 0.877. The number of carbonyl (C=O) groups excluding carboxylic acids is 4. The summed E-state index contributed by atoms with van der Waals surface area (Å²) in [6.07, 6.45) is 0.907. The van der Waals surface area contributed by atoms with Gasteiger partial charge in [-0.3, -0.25) is 29.4 Å². The minimum Gasteiger partial charge on any atom is -0.465 e. The molecule has 9 nitrogen and oxygen atoms in total. The second kappa shape index (κ2) is 8.56. The summed E-state index contributed by atoms with van der Waals surface area (Å²) in [5.74, 6) is 3.60. The number of fused-ring (bicyclic) bond motifs is 1. The normalized spacial score (nSPS) is 18.1. The van der Waals surface area contributed by atoms with E-state index < -0.39 is 35.8 Å². The van der Waals surface area contributed by atoms with Crippen molar-refractivity contribution in [1.82, 2.24) is 15.5 Å². The fraction of sp³-hybridized carbons (Fsp3) is 0.350. The molecule has 1 aromatic carbocycles. The van der Waals surface area contributed by atoms with Crippen LogP contribution in [0.4, 0.5) is 4.79 Å². The summed E-state index contributed by atoms with van der Waals surface area (Å²) >= 11 is 0. The Kier molecular flexibility index (Phi) is 5.93. The summed E-state index contributed by atoms with van der Waals surface area (Å²) in [6.45, 7) is 0.339. The smallest absolute Gasteiger partial charge is 0.404 e. The number of carbonyl (C=O) groups is 5. The van der Waals surface area contributed by atoms with E-state index in [9.17, 15) is 24.0 Å². The number of hydrogen-bond donors (Lipinski definition) is 3. The van der Waals surface area contributed by atoms with Gasteiger partial charge in [-0.05, 0) is 31.4 Å². The molecule has 1 fully saturated rings. The third kappa shape index (κ3) is 4.27. The van der Waals surface area contributed by atoms with Crippen LogP contribution in [0.25, 0.3) is 0 Å². The molecule has 2 aliphatic rings. The summed E-state index contributed by atoms with van der Waals surface area (Å²) < 4.78 is 0. The van der Waals surface area contributed by atoms with Gasteiger partial charge < -0.3 is 10.4 Å². The van der Waals surface area contributed by atoms with Crippen LogP contribution in [0.3, 0.4) is 0 Å². The summed E-state index contributed by atoms with van der Waals surface area (Å²) in [4.78, 5) is 60.4. The molecule has 0 aliphatic carbocycles. The van der Waals surface area contributed by atoms with Crippen molar-refractivity contribution >= 4 is 29.7 Å². The predicted molar refractivity (Wildman–Crippen MR) is 99.9 cm³/mol. The first-order valence-corrected chi connectivity index (χ1v) is 9.20. The highest BCUT2D eigenvalue weighted by Gasteiger charge is 2.45. The molecule has 1 atom stereocenters. The van der Waals surface area contributed by atoms with Gasteiger partial charge in [0.15, 0.2) is 0 Å². The zero-order valence-electron chi connectivity index (χ0n) is 15.5. The Bertz CT molecular complexity index is 959. The van der Waals surface area contributed by atoms with Crippen molar-refractivity contribution in [3.05, 3.63) is 34.9 Å². The molecular formula is C20H19N3O6. The van der Waals surface area contributed by atoms with Gasteiger partial charge in [0.05, 0.1) is 11.1 Å². The van der Waals surface area contributed by atoms with Crippen LogP contribution in [0.2, 0.25) is 0 Å². The van der Waals surface area contributed by atoms with Crippen LogP contribution in [-0.2, 0) is 9.59 Å². The molecule has 0 saturated carbocycles. The van der Waals surface area contributed by atoms with E-state index in [1.165, 1.54) is 6.07 Å². The molecule has 1 aromatic rings. The van der Waals surface area contributed by atoms with Crippen molar-refractivity contribution in [2.24, 2.45) is 0 Å². The Labute approximate surface area is 166 Å². The lowest BCUT2D eigenvalue weighted by atomic mass is 10.0. The Hall–Kier alpha value is -3.67. The molecule has 1 saturated heterocycles. The molecule has 0 spiro atoms. The van der Waals surface area contributed by atoms with Crippen molar-refractivity contribution in [1.29, 1.82) is 0 Å². The van der Waals surface area contributed by atoms with Crippen LogP contribution in [0.5, 0.6) is 0 Å². The second-order valence-corrected chi connectivity index (χ2v) is 6.67. The molecule has 0 aromatic heterocycles. The van der Waals surface area contributed by atoms with E-state index in [2.05, 4.69) is 22.5 Å². The monoisotopic (exact) mass is 397 g/mol. The van der Waals surface area contributed by atoms with Gasteiger partial charge in [-0.1, -0.05) is 17.9 Å². The van der Waals surface area contributed by atoms with Crippen LogP contribution in [0.1, 0.15) is 58.4 Å². The number of nitrogens with one attached hydrogen (secondary N) is 2. The van der Waals surface area contributed by atoms with Gasteiger partial charge in [-0.15, -0.1) is 0 Å². The molecule has 150 valence electrons. The summed E-state index contributed by atoms with van der Waals surface area (Å²) in [7, 11) is 0. The van der Waals surface area contributed by atoms with Crippen molar-refractivity contribution in [2.45, 2.75) is 38.1 Å². The average Bonchev–Trinajstić information content (AvgIpc) is 2.92. The molecule has 2 aliphatic heterocycles. The number of piperidine rings is 1. The van der Waals surface area contributed by atoms with Gasteiger partial charge in [0.1, 0.15) is 6.04 Å². The highest BCUT2D eigenvalue weighted by molar-refractivity contribution is 6.24. The fourth-order valence-corrected chi connectivity index (χ4v) is 3.31. The lowest BCUT2D eigenvalue weighted by Gasteiger charge is -2.27. The van der Waals surface area contributed by atoms with Crippen LogP contribution in [-0.4, -0.2) is 52.3 Å². The average molecular weight is 397 g/mol. The zero-order valence-corrected chi connectivity index (χ0v) is 15.5. The Morgan fingerprint density at radius 2 is 2.00 bits per heavy atom. The SMILES string of the molecule is O=C(O)NCCCCC#Cc1cccc2c1C(=O)N(C1CCC(=O)NC1=O)C2=O. The van der Waals surface area contributed by atoms with Gasteiger partial charge in [-0.25, -0.2) is 4.79 Å². The number of rotatable bonds is 5. The number of benzene rings is 1. The van der Waals surface area contributed by atoms with E-state index in [4.69, 9.17) is 5.11 Å². The molecule has 1 unspecified atom stereocenters. The van der Waals surface area contributed by atoms with E-state index in [0.717, 1.165) is 4.90 Å². The Balaban J connectivity index is 1.72. The molecule has 0 bridgehead atoms. The second-order valence-electron chi connectivity index (χ2n) is 6.67. The molecule has 3 rings (SSSR count). The van der Waals surface area contributed by atoms with Crippen molar-refractivity contribution in [3.8, 4) is 11.8 Å². The number of hydrogen-bond acceptors (Lipinski definition) is 5. The van der Waals surface area contributed by atoms with Gasteiger partial charge in [0, 0.05) is 24.9 Å². The molecule has 9 heteroatoms. The number of imide groups is 2. The lowest BCUT2D eigenvalue weighted by Crippen LogP contribution is -2.54. The van der Waals surface area contributed by atoms with Gasteiger partial charge in [0.2, 0.25) is 11.8 Å². The summed E-state index contributed by atoms with van der Waals surface area (Å²) in [5, 5.41) is 12.9. The van der Waals surface area contributed by atoms with E-state index in [-0.39, 0.29) is 24.0 Å². The first-order valence-electron chi connectivity index (χ1n) is 9.20. The highest BCUT2D eigenvalue weighted by Crippen LogP contribution is 2.29. The molecule has 2 heterocycles. The number of amides is 5. The fourth-order valence-electron chi connectivity index (χ4n) is 3.31. The zero-order chi connectivity index (χ0) is 21.0. The van der Waals surface area contributed by atoms with Crippen molar-refractivity contribution in [3.63, 3.8) is 0 Å². The van der Waals surface area contributed by atoms with E-state index in [0.29, 0.717) is 31.4 Å². The Morgan fingerprint density at radius 1 is 1.21 bits per heavy atom. The van der Waals surface area contributed by atoms with Gasteiger partial charge in [-0.2, -0.15) is 0 Å². The van der Waals surface area contributed by atoms with Gasteiger partial charge >= 0.3 is 6.09 Å². The maximum atomic E-state index is 12.9. The maximum Gasteiger partial charge on any atom is 0.404 e. The van der Waals surface area contributed by atoms with E-state index in [1.54, 1.807) is 12.1 Å². The van der Waals surface area contributed by atoms with Crippen LogP contribution in [0, 0.1) is 11.8 Å². The topological polar surface area (TPSA) is 133 Å². The summed E-state index contributed by atoms with van der Waals surface area (Å²) in [5.41, 5.74) is 0.763. The first kappa shape index (κ1) is 20.1. The highest BCUT2D eigenvalue weighted by atomic mass is 16.4. The maximum absolute atomic E-state index is 12.9. The quantitative estimate of drug-likeness (QED) is 0.384. The first-order chi connectivity index (χ1) is 13.9. The number of carboxylic acid groups (broad SMARTS) is 1. The largest absolute Gasteiger partial charge is 0.465 e. The molecule has 3 N–H and O–H groups in total. The number of unbranched alkanes of at least 4 members (excludes halogenated alkanes) is 2. The Morgan fingerprint density at radius 3 is 2.72 bits per heavy atom. The molecule has 5 amide bonds. The minimum absolute atomic E-state index is 0.0627. The van der Waals surface area contributed by atoms with Gasteiger partial charge in [0.25, 0.3) is 11.8 Å².